The van der Waals surface area contributed by atoms with Crippen LogP contribution in [-0.2, 0) is 6.54 Å². The predicted molar refractivity (Wildman–Crippen MR) is 83.9 cm³/mol. The van der Waals surface area contributed by atoms with Crippen molar-refractivity contribution in [2.24, 2.45) is 11.7 Å². The molecule has 1 aliphatic heterocycles. The average molecular weight is 276 g/mol. The van der Waals surface area contributed by atoms with E-state index < -0.39 is 0 Å². The van der Waals surface area contributed by atoms with E-state index >= 15 is 0 Å². The largest absolute Gasteiger partial charge is 0.496 e. The third kappa shape index (κ3) is 3.53. The maximum absolute atomic E-state index is 6.00. The summed E-state index contributed by atoms with van der Waals surface area (Å²) in [6, 6.07) is 7.02. The van der Waals surface area contributed by atoms with E-state index in [0.717, 1.165) is 18.2 Å². The molecule has 0 saturated carbocycles. The second-order valence-corrected chi connectivity index (χ2v) is 6.31. The van der Waals surface area contributed by atoms with E-state index in [1.807, 2.05) is 13.0 Å². The normalized spacial score (nSPS) is 25.4. The number of nitrogens with two attached hydrogens (primary N) is 1. The van der Waals surface area contributed by atoms with Crippen molar-refractivity contribution >= 4 is 0 Å². The molecule has 3 nitrogen and oxygen atoms in total. The molecule has 3 unspecified atom stereocenters. The van der Waals surface area contributed by atoms with Gasteiger partial charge in [0.05, 0.1) is 7.11 Å². The van der Waals surface area contributed by atoms with Gasteiger partial charge in [0.25, 0.3) is 0 Å². The molecule has 1 aliphatic rings. The van der Waals surface area contributed by atoms with E-state index in [2.05, 4.69) is 30.9 Å². The highest BCUT2D eigenvalue weighted by Gasteiger charge is 2.23. The topological polar surface area (TPSA) is 38.5 Å². The summed E-state index contributed by atoms with van der Waals surface area (Å²) < 4.78 is 5.51. The van der Waals surface area contributed by atoms with Crippen LogP contribution < -0.4 is 10.5 Å². The third-order valence-corrected chi connectivity index (χ3v) is 4.48. The molecule has 0 aliphatic carbocycles. The second-order valence-electron chi connectivity index (χ2n) is 6.31. The fourth-order valence-electron chi connectivity index (χ4n) is 3.11. The van der Waals surface area contributed by atoms with Crippen LogP contribution in [-0.4, -0.2) is 24.6 Å². The molecule has 0 amide bonds. The number of rotatable bonds is 4. The summed E-state index contributed by atoms with van der Waals surface area (Å²) in [6.07, 6.45) is 2.58. The summed E-state index contributed by atoms with van der Waals surface area (Å²) in [5, 5.41) is 0. The van der Waals surface area contributed by atoms with E-state index in [-0.39, 0.29) is 6.04 Å². The van der Waals surface area contributed by atoms with Crippen molar-refractivity contribution in [3.05, 3.63) is 29.3 Å². The lowest BCUT2D eigenvalue weighted by Gasteiger charge is -2.36. The average Bonchev–Trinajstić information content (AvgIpc) is 2.41. The predicted octanol–water partition coefficient (Wildman–Crippen LogP) is 3.34. The number of benzene rings is 1. The van der Waals surface area contributed by atoms with Gasteiger partial charge in [-0.15, -0.1) is 0 Å². The molecular weight excluding hydrogens is 248 g/mol. The van der Waals surface area contributed by atoms with Crippen LogP contribution in [0, 0.1) is 5.92 Å². The molecule has 112 valence electrons. The van der Waals surface area contributed by atoms with Crippen LogP contribution in [0.2, 0.25) is 0 Å². The molecule has 20 heavy (non-hydrogen) atoms. The van der Waals surface area contributed by atoms with E-state index in [0.29, 0.717) is 6.04 Å². The van der Waals surface area contributed by atoms with Crippen molar-refractivity contribution in [2.75, 3.05) is 13.7 Å². The summed E-state index contributed by atoms with van der Waals surface area (Å²) in [7, 11) is 1.74. The molecule has 2 rings (SSSR count). The number of hydrogen-bond acceptors (Lipinski definition) is 3. The van der Waals surface area contributed by atoms with Gasteiger partial charge in [0, 0.05) is 24.2 Å². The number of ether oxygens (including phenoxy) is 1. The molecule has 1 heterocycles. The maximum atomic E-state index is 6.00. The van der Waals surface area contributed by atoms with Gasteiger partial charge in [0.2, 0.25) is 0 Å². The zero-order valence-corrected chi connectivity index (χ0v) is 13.2. The highest BCUT2D eigenvalue weighted by Crippen LogP contribution is 2.28. The Morgan fingerprint density at radius 3 is 2.75 bits per heavy atom. The molecule has 0 spiro atoms. The fourth-order valence-corrected chi connectivity index (χ4v) is 3.11. The fraction of sp³-hybridized carbons (Fsp3) is 0.647. The Hall–Kier alpha value is -1.06. The van der Waals surface area contributed by atoms with Crippen LogP contribution in [0.5, 0.6) is 5.75 Å². The summed E-state index contributed by atoms with van der Waals surface area (Å²) in [5.74, 6) is 1.82. The molecule has 1 fully saturated rings. The van der Waals surface area contributed by atoms with Crippen LogP contribution in [0.4, 0.5) is 0 Å². The van der Waals surface area contributed by atoms with E-state index in [1.165, 1.54) is 30.5 Å². The van der Waals surface area contributed by atoms with Crippen LogP contribution in [0.15, 0.2) is 18.2 Å². The summed E-state index contributed by atoms with van der Waals surface area (Å²) in [5.41, 5.74) is 8.43. The van der Waals surface area contributed by atoms with Gasteiger partial charge in [0.1, 0.15) is 5.75 Å². The molecule has 0 aromatic heterocycles. The van der Waals surface area contributed by atoms with Crippen molar-refractivity contribution in [1.29, 1.82) is 0 Å². The smallest absolute Gasteiger partial charge is 0.123 e. The van der Waals surface area contributed by atoms with E-state index in [1.54, 1.807) is 7.11 Å². The van der Waals surface area contributed by atoms with Gasteiger partial charge >= 0.3 is 0 Å². The van der Waals surface area contributed by atoms with E-state index in [4.69, 9.17) is 10.5 Å². The van der Waals surface area contributed by atoms with Gasteiger partial charge in [-0.2, -0.15) is 0 Å². The van der Waals surface area contributed by atoms with Crippen molar-refractivity contribution in [2.45, 2.75) is 52.2 Å². The van der Waals surface area contributed by atoms with Gasteiger partial charge in [-0.25, -0.2) is 0 Å². The molecule has 3 heteroatoms. The molecule has 3 atom stereocenters. The van der Waals surface area contributed by atoms with Crippen LogP contribution >= 0.6 is 0 Å². The number of likely N-dealkylation sites (tertiary alicyclic amines) is 1. The first-order valence-corrected chi connectivity index (χ1v) is 7.67. The highest BCUT2D eigenvalue weighted by atomic mass is 16.5. The van der Waals surface area contributed by atoms with Crippen LogP contribution in [0.1, 0.15) is 50.8 Å². The third-order valence-electron chi connectivity index (χ3n) is 4.48. The van der Waals surface area contributed by atoms with Gasteiger partial charge in [-0.05, 0) is 56.8 Å². The molecule has 0 radical (unpaired) electrons. The van der Waals surface area contributed by atoms with Gasteiger partial charge < -0.3 is 10.5 Å². The number of methoxy groups -OCH3 is 1. The molecule has 2 N–H and O–H groups in total. The quantitative estimate of drug-likeness (QED) is 0.916. The Bertz CT molecular complexity index is 445. The molecular formula is C17H28N2O. The Balaban J connectivity index is 2.16. The lowest BCUT2D eigenvalue weighted by atomic mass is 9.93. The van der Waals surface area contributed by atoms with Gasteiger partial charge in [-0.3, -0.25) is 4.90 Å². The summed E-state index contributed by atoms with van der Waals surface area (Å²) in [6.45, 7) is 8.84. The van der Waals surface area contributed by atoms with Crippen molar-refractivity contribution < 1.29 is 4.74 Å². The number of nitrogens with zero attached hydrogens (tertiary/aromatic N) is 1. The number of piperidine rings is 1. The number of hydrogen-bond donors (Lipinski definition) is 1. The summed E-state index contributed by atoms with van der Waals surface area (Å²) in [4.78, 5) is 2.56. The first-order valence-electron chi connectivity index (χ1n) is 7.67. The second kappa shape index (κ2) is 6.59. The molecule has 1 aromatic carbocycles. The van der Waals surface area contributed by atoms with E-state index in [9.17, 15) is 0 Å². The van der Waals surface area contributed by atoms with Gasteiger partial charge in [-0.1, -0.05) is 13.0 Å². The molecule has 1 saturated heterocycles. The lowest BCUT2D eigenvalue weighted by molar-refractivity contribution is 0.121. The first kappa shape index (κ1) is 15.3. The summed E-state index contributed by atoms with van der Waals surface area (Å²) >= 11 is 0. The Kier molecular flexibility index (Phi) is 5.06. The molecule has 1 aromatic rings. The monoisotopic (exact) mass is 276 g/mol. The van der Waals surface area contributed by atoms with Gasteiger partial charge in [0.15, 0.2) is 0 Å². The van der Waals surface area contributed by atoms with Crippen molar-refractivity contribution in [3.8, 4) is 5.75 Å². The standard InChI is InChI=1S/C17H28N2O/c1-12-7-8-19(13(2)9-12)11-16-10-15(14(3)18)5-6-17(16)20-4/h5-6,10,12-14H,7-9,11,18H2,1-4H3. The van der Waals surface area contributed by atoms with Crippen LogP contribution in [0.25, 0.3) is 0 Å². The van der Waals surface area contributed by atoms with Crippen molar-refractivity contribution in [1.82, 2.24) is 4.90 Å². The zero-order valence-electron chi connectivity index (χ0n) is 13.2. The Labute approximate surface area is 123 Å². The Morgan fingerprint density at radius 1 is 1.40 bits per heavy atom. The minimum absolute atomic E-state index is 0.0680. The zero-order chi connectivity index (χ0) is 14.7. The SMILES string of the molecule is COc1ccc(C(C)N)cc1CN1CCC(C)CC1C. The minimum Gasteiger partial charge on any atom is -0.496 e. The minimum atomic E-state index is 0.0680. The maximum Gasteiger partial charge on any atom is 0.123 e. The lowest BCUT2D eigenvalue weighted by Crippen LogP contribution is -2.39. The van der Waals surface area contributed by atoms with Crippen LogP contribution in [0.3, 0.4) is 0 Å². The molecule has 0 bridgehead atoms. The Morgan fingerprint density at radius 2 is 2.15 bits per heavy atom. The first-order chi connectivity index (χ1) is 9.51. The van der Waals surface area contributed by atoms with Crippen molar-refractivity contribution in [3.63, 3.8) is 0 Å². The highest BCUT2D eigenvalue weighted by molar-refractivity contribution is 5.38.